The molecule has 0 saturated heterocycles. The summed E-state index contributed by atoms with van der Waals surface area (Å²) in [5.41, 5.74) is 0. The van der Waals surface area contributed by atoms with E-state index in [-0.39, 0.29) is 24.0 Å². The van der Waals surface area contributed by atoms with Crippen LogP contribution in [0.4, 0.5) is 0 Å². The molecule has 1 aromatic heterocycles. The molecule has 0 unspecified atom stereocenters. The monoisotopic (exact) mass is 334 g/mol. The van der Waals surface area contributed by atoms with Crippen LogP contribution in [0.15, 0.2) is 19.0 Å². The van der Waals surface area contributed by atoms with E-state index in [1.165, 1.54) is 38.5 Å². The molecule has 1 aromatic rings. The number of rotatable bonds is 8. The number of imidazole rings is 1. The maximum absolute atomic E-state index is 3.78. The smallest absolute Gasteiger partial charge is 0.278 e. The van der Waals surface area contributed by atoms with Crippen LogP contribution >= 0.6 is 0 Å². The molecule has 0 atom stereocenters. The van der Waals surface area contributed by atoms with E-state index in [9.17, 15) is 0 Å². The largest absolute Gasteiger partial charge is 1.00 e. The van der Waals surface area contributed by atoms with E-state index in [1.54, 1.807) is 0 Å². The fourth-order valence-corrected chi connectivity index (χ4v) is 1.81. The van der Waals surface area contributed by atoms with Crippen molar-refractivity contribution >= 4 is 6.08 Å². The zero-order valence-corrected chi connectivity index (χ0v) is 12.4. The van der Waals surface area contributed by atoms with Gasteiger partial charge in [-0.1, -0.05) is 39.2 Å². The fourth-order valence-electron chi connectivity index (χ4n) is 1.81. The highest BCUT2D eigenvalue weighted by atomic mass is 127. The number of nitrogens with one attached hydrogen (secondary N) is 1. The van der Waals surface area contributed by atoms with Crippen molar-refractivity contribution in [3.63, 3.8) is 0 Å². The summed E-state index contributed by atoms with van der Waals surface area (Å²) in [7, 11) is 0. The molecule has 0 aromatic carbocycles. The van der Waals surface area contributed by atoms with E-state index in [0.29, 0.717) is 0 Å². The zero-order chi connectivity index (χ0) is 10.9. The van der Waals surface area contributed by atoms with Crippen molar-refractivity contribution in [3.8, 4) is 0 Å². The topological polar surface area (TPSA) is 19.7 Å². The van der Waals surface area contributed by atoms with Gasteiger partial charge in [0.2, 0.25) is 0 Å². The molecule has 1 N–H and O–H groups in total. The summed E-state index contributed by atoms with van der Waals surface area (Å²) >= 11 is 0. The summed E-state index contributed by atoms with van der Waals surface area (Å²) in [6.45, 7) is 7.14. The average molecular weight is 334 g/mol. The molecule has 1 rings (SSSR count). The van der Waals surface area contributed by atoms with Gasteiger partial charge in [-0.3, -0.25) is 0 Å². The number of hydrogen-bond acceptors (Lipinski definition) is 0. The Kier molecular flexibility index (Phi) is 9.68. The van der Waals surface area contributed by atoms with Crippen molar-refractivity contribution in [1.29, 1.82) is 0 Å². The van der Waals surface area contributed by atoms with Crippen LogP contribution in [-0.2, 0) is 6.54 Å². The summed E-state index contributed by atoms with van der Waals surface area (Å²) in [4.78, 5) is 3.16. The SMILES string of the molecule is C=Cc1[nH]cc[n+]1CCCCCCCC.[I-]. The third-order valence-corrected chi connectivity index (χ3v) is 2.74. The van der Waals surface area contributed by atoms with Crippen LogP contribution in [-0.4, -0.2) is 4.98 Å². The van der Waals surface area contributed by atoms with Crippen LogP contribution in [0.3, 0.4) is 0 Å². The zero-order valence-electron chi connectivity index (χ0n) is 10.2. The van der Waals surface area contributed by atoms with E-state index in [1.807, 2.05) is 12.3 Å². The maximum Gasteiger partial charge on any atom is 0.278 e. The highest BCUT2D eigenvalue weighted by Crippen LogP contribution is 2.04. The van der Waals surface area contributed by atoms with Crippen molar-refractivity contribution in [3.05, 3.63) is 24.8 Å². The summed E-state index contributed by atoms with van der Waals surface area (Å²) in [6, 6.07) is 0. The number of hydrogen-bond donors (Lipinski definition) is 1. The summed E-state index contributed by atoms with van der Waals surface area (Å²) in [5.74, 6) is 1.11. The quantitative estimate of drug-likeness (QED) is 0.401. The fraction of sp³-hybridized carbons (Fsp3) is 0.615. The first-order chi connectivity index (χ1) is 7.38. The summed E-state index contributed by atoms with van der Waals surface area (Å²) in [5, 5.41) is 0. The Balaban J connectivity index is 0.00000225. The molecule has 0 aliphatic carbocycles. The first-order valence-electron chi connectivity index (χ1n) is 6.07. The minimum atomic E-state index is 0. The number of H-pyrrole nitrogens is 1. The third kappa shape index (κ3) is 5.68. The Labute approximate surface area is 116 Å². The van der Waals surface area contributed by atoms with Gasteiger partial charge in [-0.05, 0) is 12.8 Å². The molecule has 0 radical (unpaired) electrons. The Morgan fingerprint density at radius 3 is 2.62 bits per heavy atom. The standard InChI is InChI=1S/C13H22N2.HI/c1-3-5-6-7-8-9-11-15-12-10-14-13(15)4-2;/h4,10,12H,2-3,5-9,11H2,1H3;1H. The maximum atomic E-state index is 3.78. The second kappa shape index (κ2) is 9.87. The molecule has 2 nitrogen and oxygen atoms in total. The van der Waals surface area contributed by atoms with Crippen LogP contribution in [0, 0.1) is 0 Å². The normalized spacial score (nSPS) is 9.81. The van der Waals surface area contributed by atoms with Crippen LogP contribution in [0.2, 0.25) is 0 Å². The average Bonchev–Trinajstić information content (AvgIpc) is 2.70. The minimum Gasteiger partial charge on any atom is -1.00 e. The third-order valence-electron chi connectivity index (χ3n) is 2.74. The van der Waals surface area contributed by atoms with Crippen LogP contribution in [0.1, 0.15) is 51.3 Å². The first kappa shape index (κ1) is 15.7. The number of halogens is 1. The molecule has 0 saturated carbocycles. The minimum absolute atomic E-state index is 0. The molecule has 0 spiro atoms. The second-order valence-electron chi connectivity index (χ2n) is 4.01. The van der Waals surface area contributed by atoms with Gasteiger partial charge in [0.25, 0.3) is 5.82 Å². The molecule has 92 valence electrons. The Morgan fingerprint density at radius 2 is 1.94 bits per heavy atom. The van der Waals surface area contributed by atoms with Gasteiger partial charge < -0.3 is 24.0 Å². The predicted molar refractivity (Wildman–Crippen MR) is 64.5 cm³/mol. The molecular formula is C13H23IN2. The number of aromatic amines is 1. The molecule has 0 aliphatic rings. The molecular weight excluding hydrogens is 311 g/mol. The molecule has 3 heteroatoms. The van der Waals surface area contributed by atoms with Crippen molar-refractivity contribution in [2.45, 2.75) is 52.0 Å². The molecule has 0 amide bonds. The predicted octanol–water partition coefficient (Wildman–Crippen LogP) is 0.310. The van der Waals surface area contributed by atoms with E-state index in [2.05, 4.69) is 29.3 Å². The van der Waals surface area contributed by atoms with Gasteiger partial charge in [0.05, 0.1) is 6.54 Å². The Bertz CT molecular complexity index is 281. The van der Waals surface area contributed by atoms with Gasteiger partial charge in [0.1, 0.15) is 12.4 Å². The number of nitrogens with zero attached hydrogens (tertiary/aromatic N) is 1. The Morgan fingerprint density at radius 1 is 1.25 bits per heavy atom. The highest BCUT2D eigenvalue weighted by Gasteiger charge is 2.04. The van der Waals surface area contributed by atoms with E-state index in [0.717, 1.165) is 12.4 Å². The van der Waals surface area contributed by atoms with Crippen molar-refractivity contribution in [2.75, 3.05) is 0 Å². The lowest BCUT2D eigenvalue weighted by Gasteiger charge is -1.99. The van der Waals surface area contributed by atoms with Crippen molar-refractivity contribution in [1.82, 2.24) is 4.98 Å². The first-order valence-corrected chi connectivity index (χ1v) is 6.07. The van der Waals surface area contributed by atoms with Gasteiger partial charge in [-0.25, -0.2) is 9.55 Å². The summed E-state index contributed by atoms with van der Waals surface area (Å²) < 4.78 is 2.23. The molecule has 1 heterocycles. The van der Waals surface area contributed by atoms with Crippen LogP contribution in [0.25, 0.3) is 6.08 Å². The molecule has 0 aliphatic heterocycles. The summed E-state index contributed by atoms with van der Waals surface area (Å²) in [6.07, 6.45) is 14.0. The number of aryl methyl sites for hydroxylation is 1. The van der Waals surface area contributed by atoms with Gasteiger partial charge in [0, 0.05) is 6.08 Å². The lowest BCUT2D eigenvalue weighted by atomic mass is 10.1. The Hall–Kier alpha value is -0.320. The van der Waals surface area contributed by atoms with Crippen LogP contribution < -0.4 is 28.5 Å². The van der Waals surface area contributed by atoms with Gasteiger partial charge in [-0.15, -0.1) is 0 Å². The van der Waals surface area contributed by atoms with E-state index < -0.39 is 0 Å². The van der Waals surface area contributed by atoms with E-state index >= 15 is 0 Å². The van der Waals surface area contributed by atoms with Gasteiger partial charge >= 0.3 is 0 Å². The van der Waals surface area contributed by atoms with E-state index in [4.69, 9.17) is 0 Å². The molecule has 0 bridgehead atoms. The molecule has 16 heavy (non-hydrogen) atoms. The number of unbranched alkanes of at least 4 members (excludes halogenated alkanes) is 5. The van der Waals surface area contributed by atoms with Gasteiger partial charge in [0.15, 0.2) is 0 Å². The van der Waals surface area contributed by atoms with Crippen LogP contribution in [0.5, 0.6) is 0 Å². The highest BCUT2D eigenvalue weighted by molar-refractivity contribution is 5.31. The van der Waals surface area contributed by atoms with Crippen molar-refractivity contribution < 1.29 is 28.5 Å². The lowest BCUT2D eigenvalue weighted by molar-refractivity contribution is -0.697. The number of aromatic nitrogens is 2. The lowest BCUT2D eigenvalue weighted by Crippen LogP contribution is -3.00. The van der Waals surface area contributed by atoms with Gasteiger partial charge in [-0.2, -0.15) is 0 Å². The molecule has 0 fully saturated rings. The van der Waals surface area contributed by atoms with Crippen molar-refractivity contribution in [2.24, 2.45) is 0 Å². The second-order valence-corrected chi connectivity index (χ2v) is 4.01.